The molecule has 0 radical (unpaired) electrons. The van der Waals surface area contributed by atoms with Crippen LogP contribution in [0.1, 0.15) is 0 Å². The second-order valence-corrected chi connectivity index (χ2v) is 18.4. The van der Waals surface area contributed by atoms with Crippen molar-refractivity contribution < 1.29 is 4.42 Å². The molecule has 5 nitrogen and oxygen atoms in total. The van der Waals surface area contributed by atoms with E-state index < -0.39 is 0 Å². The van der Waals surface area contributed by atoms with E-state index in [1.165, 1.54) is 42.0 Å². The Morgan fingerprint density at radius 1 is 0.309 bits per heavy atom. The molecule has 14 rings (SSSR count). The van der Waals surface area contributed by atoms with Gasteiger partial charge in [-0.3, -0.25) is 4.57 Å². The van der Waals surface area contributed by atoms with Crippen LogP contribution in [0.25, 0.3) is 86.3 Å². The number of aromatic nitrogens is 2. The summed E-state index contributed by atoms with van der Waals surface area (Å²) in [6, 6.07) is 87.2. The number of thiophene rings is 1. The quantitative estimate of drug-likeness (QED) is 0.152. The summed E-state index contributed by atoms with van der Waals surface area (Å²) in [5.41, 5.74) is 13.7. The zero-order valence-corrected chi connectivity index (χ0v) is 37.5. The summed E-state index contributed by atoms with van der Waals surface area (Å²) < 4.78 is 14.2. The molecule has 0 amide bonds. The van der Waals surface area contributed by atoms with Crippen molar-refractivity contribution in [3.8, 4) is 11.4 Å². The number of anilines is 6. The summed E-state index contributed by atoms with van der Waals surface area (Å²) in [6.07, 6.45) is 0. The lowest BCUT2D eigenvalue weighted by atomic mass is 10.1. The average Bonchev–Trinajstić information content (AvgIpc) is 4.14. The molecule has 0 bridgehead atoms. The van der Waals surface area contributed by atoms with Gasteiger partial charge in [0, 0.05) is 87.2 Å². The molecule has 10 aromatic carbocycles. The fourth-order valence-corrected chi connectivity index (χ4v) is 11.6. The summed E-state index contributed by atoms with van der Waals surface area (Å²) in [6.45, 7) is 0. The molecule has 6 heteroatoms. The molecule has 320 valence electrons. The monoisotopic (exact) mass is 888 g/mol. The summed E-state index contributed by atoms with van der Waals surface area (Å²) in [5.74, 6) is 0. The summed E-state index contributed by atoms with van der Waals surface area (Å²) in [5, 5.41) is 8.26. The van der Waals surface area contributed by atoms with Crippen molar-refractivity contribution in [2.75, 3.05) is 9.80 Å². The molecule has 0 aliphatic heterocycles. The molecule has 0 aliphatic carbocycles. The van der Waals surface area contributed by atoms with Crippen molar-refractivity contribution in [2.45, 2.75) is 0 Å². The second-order valence-electron chi connectivity index (χ2n) is 17.3. The minimum absolute atomic E-state index is 0.815. The van der Waals surface area contributed by atoms with E-state index in [1.807, 2.05) is 11.3 Å². The van der Waals surface area contributed by atoms with Crippen LogP contribution in [-0.4, -0.2) is 9.13 Å². The second kappa shape index (κ2) is 15.4. The molecule has 4 heterocycles. The van der Waals surface area contributed by atoms with Crippen molar-refractivity contribution in [1.82, 2.24) is 9.13 Å². The Bertz CT molecular complexity index is 4210. The Labute approximate surface area is 395 Å². The van der Waals surface area contributed by atoms with Crippen LogP contribution >= 0.6 is 11.3 Å². The van der Waals surface area contributed by atoms with Gasteiger partial charge in [0.1, 0.15) is 5.58 Å². The molecule has 0 saturated carbocycles. The van der Waals surface area contributed by atoms with Gasteiger partial charge < -0.3 is 18.8 Å². The van der Waals surface area contributed by atoms with E-state index in [2.05, 4.69) is 262 Å². The van der Waals surface area contributed by atoms with Gasteiger partial charge in [0.25, 0.3) is 0 Å². The first-order valence-electron chi connectivity index (χ1n) is 23.0. The summed E-state index contributed by atoms with van der Waals surface area (Å²) >= 11 is 1.84. The Morgan fingerprint density at radius 2 is 0.809 bits per heavy atom. The summed E-state index contributed by atoms with van der Waals surface area (Å²) in [4.78, 5) is 4.74. The van der Waals surface area contributed by atoms with Crippen molar-refractivity contribution in [3.05, 3.63) is 243 Å². The standard InChI is InChI=1S/C62H40N4OS/c1-5-17-41(18-6-1)63(45-31-35-56-53(37-45)49-25-13-15-27-55(49)65(56)43-21-9-3-10-22-43)46-32-36-58-54(38-46)61-52-34-30-47(39-57(52)66(62(61)67-58)44-23-11-4-12-24-44)64(42-19-7-2-8-20-42)48-29-33-51-50-26-14-16-28-59(50)68-60(51)40-48/h1-40H. The normalized spacial score (nSPS) is 11.8. The van der Waals surface area contributed by atoms with E-state index in [0.29, 0.717) is 0 Å². The van der Waals surface area contributed by atoms with E-state index in [4.69, 9.17) is 4.42 Å². The van der Waals surface area contributed by atoms with E-state index in [-0.39, 0.29) is 0 Å². The molecule has 4 aromatic heterocycles. The van der Waals surface area contributed by atoms with Crippen molar-refractivity contribution >= 4 is 120 Å². The van der Waals surface area contributed by atoms with Crippen LogP contribution < -0.4 is 9.80 Å². The SMILES string of the molecule is c1ccc(N(c2ccc3oc4c(c3c2)c2ccc(N(c3ccccc3)c3ccc5c(c3)sc3ccccc35)cc2n4-c2ccccc2)c2ccc3c(c2)c2ccccc2n3-c2ccccc2)cc1. The van der Waals surface area contributed by atoms with Gasteiger partial charge in [-0.25, -0.2) is 0 Å². The lowest BCUT2D eigenvalue weighted by molar-refractivity contribution is 0.645. The van der Waals surface area contributed by atoms with Gasteiger partial charge in [0.05, 0.1) is 21.9 Å². The first-order valence-corrected chi connectivity index (χ1v) is 23.8. The fraction of sp³-hybridized carbons (Fsp3) is 0. The Kier molecular flexibility index (Phi) is 8.69. The largest absolute Gasteiger partial charge is 0.439 e. The molecular weight excluding hydrogens is 849 g/mol. The number of hydrogen-bond donors (Lipinski definition) is 0. The highest BCUT2D eigenvalue weighted by Crippen LogP contribution is 2.47. The number of fused-ring (bicyclic) bond motifs is 11. The highest BCUT2D eigenvalue weighted by molar-refractivity contribution is 7.25. The van der Waals surface area contributed by atoms with Gasteiger partial charge in [0.2, 0.25) is 5.71 Å². The van der Waals surface area contributed by atoms with Gasteiger partial charge in [-0.15, -0.1) is 11.3 Å². The first-order chi connectivity index (χ1) is 33.7. The van der Waals surface area contributed by atoms with Crippen LogP contribution in [0.5, 0.6) is 0 Å². The first kappa shape index (κ1) is 38.4. The number of furan rings is 1. The molecule has 0 fully saturated rings. The number of hydrogen-bond acceptors (Lipinski definition) is 4. The van der Waals surface area contributed by atoms with E-state index in [0.717, 1.165) is 78.5 Å². The molecule has 0 aliphatic rings. The summed E-state index contributed by atoms with van der Waals surface area (Å²) in [7, 11) is 0. The Hall–Kier alpha value is -8.84. The molecule has 14 aromatic rings. The Balaban J connectivity index is 0.967. The maximum Gasteiger partial charge on any atom is 0.213 e. The highest BCUT2D eigenvalue weighted by Gasteiger charge is 2.24. The van der Waals surface area contributed by atoms with Gasteiger partial charge in [-0.2, -0.15) is 0 Å². The van der Waals surface area contributed by atoms with Crippen molar-refractivity contribution in [3.63, 3.8) is 0 Å². The number of benzene rings is 10. The van der Waals surface area contributed by atoms with E-state index in [9.17, 15) is 0 Å². The number of para-hydroxylation sites is 5. The topological polar surface area (TPSA) is 29.5 Å². The molecule has 0 N–H and O–H groups in total. The van der Waals surface area contributed by atoms with Gasteiger partial charge in [0.15, 0.2) is 0 Å². The van der Waals surface area contributed by atoms with Gasteiger partial charge >= 0.3 is 0 Å². The molecule has 0 spiro atoms. The van der Waals surface area contributed by atoms with E-state index in [1.54, 1.807) is 0 Å². The van der Waals surface area contributed by atoms with Gasteiger partial charge in [-0.1, -0.05) is 115 Å². The molecule has 0 saturated heterocycles. The lowest BCUT2D eigenvalue weighted by Gasteiger charge is -2.26. The highest BCUT2D eigenvalue weighted by atomic mass is 32.1. The zero-order valence-electron chi connectivity index (χ0n) is 36.7. The van der Waals surface area contributed by atoms with Crippen LogP contribution in [0.3, 0.4) is 0 Å². The third kappa shape index (κ3) is 6.01. The van der Waals surface area contributed by atoms with Gasteiger partial charge in [-0.05, 0) is 127 Å². The molecule has 0 unspecified atom stereocenters. The minimum atomic E-state index is 0.815. The third-order valence-corrected chi connectivity index (χ3v) is 14.6. The smallest absolute Gasteiger partial charge is 0.213 e. The Morgan fingerprint density at radius 3 is 1.51 bits per heavy atom. The van der Waals surface area contributed by atoms with E-state index >= 15 is 0 Å². The minimum Gasteiger partial charge on any atom is -0.439 e. The average molecular weight is 889 g/mol. The maximum atomic E-state index is 7.00. The predicted octanol–water partition coefficient (Wildman–Crippen LogP) is 17.9. The molecular formula is C62H40N4OS. The van der Waals surface area contributed by atoms with Crippen LogP contribution in [0.4, 0.5) is 34.1 Å². The predicted molar refractivity (Wildman–Crippen MR) is 287 cm³/mol. The molecule has 0 atom stereocenters. The van der Waals surface area contributed by atoms with Crippen LogP contribution in [-0.2, 0) is 0 Å². The fourth-order valence-electron chi connectivity index (χ4n) is 10.5. The number of nitrogens with zero attached hydrogens (tertiary/aromatic N) is 4. The van der Waals surface area contributed by atoms with Crippen molar-refractivity contribution in [1.29, 1.82) is 0 Å². The van der Waals surface area contributed by atoms with Crippen LogP contribution in [0.15, 0.2) is 247 Å². The third-order valence-electron chi connectivity index (χ3n) is 13.5. The van der Waals surface area contributed by atoms with Crippen LogP contribution in [0.2, 0.25) is 0 Å². The van der Waals surface area contributed by atoms with Crippen LogP contribution in [0, 0.1) is 0 Å². The molecule has 68 heavy (non-hydrogen) atoms. The van der Waals surface area contributed by atoms with Crippen molar-refractivity contribution in [2.24, 2.45) is 0 Å². The maximum absolute atomic E-state index is 7.00. The number of rotatable bonds is 8. The zero-order chi connectivity index (χ0) is 44.7. The lowest BCUT2D eigenvalue weighted by Crippen LogP contribution is -2.10.